The van der Waals surface area contributed by atoms with Crippen LogP contribution in [0.3, 0.4) is 0 Å². The van der Waals surface area contributed by atoms with Crippen LogP contribution < -0.4 is 5.73 Å². The zero-order valence-electron chi connectivity index (χ0n) is 10.8. The van der Waals surface area contributed by atoms with E-state index in [4.69, 9.17) is 11.0 Å². The number of hydrogen-bond acceptors (Lipinski definition) is 2. The molecule has 0 saturated carbocycles. The van der Waals surface area contributed by atoms with Crippen LogP contribution in [0.1, 0.15) is 42.1 Å². The van der Waals surface area contributed by atoms with Crippen LogP contribution in [0, 0.1) is 37.5 Å². The van der Waals surface area contributed by atoms with Crippen LogP contribution in [-0.4, -0.2) is 0 Å². The molecular weight excluding hydrogens is 196 g/mol. The number of nitriles is 1. The zero-order valence-corrected chi connectivity index (χ0v) is 10.8. The summed E-state index contributed by atoms with van der Waals surface area (Å²) in [6.45, 7) is 9.96. The fourth-order valence-corrected chi connectivity index (χ4v) is 2.11. The molecule has 0 aliphatic heterocycles. The minimum atomic E-state index is -0.537. The molecule has 16 heavy (non-hydrogen) atoms. The van der Waals surface area contributed by atoms with Crippen LogP contribution in [0.25, 0.3) is 0 Å². The monoisotopic (exact) mass is 216 g/mol. The zero-order chi connectivity index (χ0) is 12.5. The van der Waals surface area contributed by atoms with Crippen LogP contribution in [0.2, 0.25) is 0 Å². The van der Waals surface area contributed by atoms with Gasteiger partial charge in [0.15, 0.2) is 0 Å². The highest BCUT2D eigenvalue weighted by molar-refractivity contribution is 5.41. The molecule has 1 aromatic rings. The molecule has 0 radical (unpaired) electrons. The standard InChI is InChI=1S/C14H20N2/c1-9-6-10(2)12(11(3)7-9)13(16)14(4,5)8-15/h6-7,13H,16H2,1-5H3. The first-order valence-electron chi connectivity index (χ1n) is 5.54. The van der Waals surface area contributed by atoms with Crippen LogP contribution in [0.15, 0.2) is 12.1 Å². The summed E-state index contributed by atoms with van der Waals surface area (Å²) < 4.78 is 0. The van der Waals surface area contributed by atoms with Gasteiger partial charge in [0, 0.05) is 6.04 Å². The number of nitrogens with two attached hydrogens (primary N) is 1. The van der Waals surface area contributed by atoms with E-state index < -0.39 is 5.41 Å². The van der Waals surface area contributed by atoms with Crippen molar-refractivity contribution in [1.82, 2.24) is 0 Å². The van der Waals surface area contributed by atoms with E-state index in [0.717, 1.165) is 5.56 Å². The molecule has 86 valence electrons. The lowest BCUT2D eigenvalue weighted by molar-refractivity contribution is 0.391. The fourth-order valence-electron chi connectivity index (χ4n) is 2.11. The highest BCUT2D eigenvalue weighted by Gasteiger charge is 2.29. The summed E-state index contributed by atoms with van der Waals surface area (Å²) in [4.78, 5) is 0. The Labute approximate surface area is 98.1 Å². The third-order valence-corrected chi connectivity index (χ3v) is 3.11. The van der Waals surface area contributed by atoms with Gasteiger partial charge < -0.3 is 5.73 Å². The van der Waals surface area contributed by atoms with Crippen molar-refractivity contribution < 1.29 is 0 Å². The average molecular weight is 216 g/mol. The molecule has 0 saturated heterocycles. The maximum absolute atomic E-state index is 9.13. The van der Waals surface area contributed by atoms with Gasteiger partial charge >= 0.3 is 0 Å². The molecule has 2 nitrogen and oxygen atoms in total. The third kappa shape index (κ3) is 2.25. The summed E-state index contributed by atoms with van der Waals surface area (Å²) in [7, 11) is 0. The smallest absolute Gasteiger partial charge is 0.0710 e. The molecule has 1 aromatic carbocycles. The van der Waals surface area contributed by atoms with Gasteiger partial charge in [0.25, 0.3) is 0 Å². The molecule has 0 aliphatic rings. The van der Waals surface area contributed by atoms with Crippen molar-refractivity contribution in [2.75, 3.05) is 0 Å². The molecule has 2 N–H and O–H groups in total. The second-order valence-corrected chi connectivity index (χ2v) is 5.12. The van der Waals surface area contributed by atoms with E-state index in [2.05, 4.69) is 39.0 Å². The number of nitrogens with zero attached hydrogens (tertiary/aromatic N) is 1. The summed E-state index contributed by atoms with van der Waals surface area (Å²) >= 11 is 0. The van der Waals surface area contributed by atoms with E-state index in [1.54, 1.807) is 0 Å². The second kappa shape index (κ2) is 4.27. The highest BCUT2D eigenvalue weighted by atomic mass is 14.7. The van der Waals surface area contributed by atoms with E-state index in [0.29, 0.717) is 0 Å². The predicted molar refractivity (Wildman–Crippen MR) is 67.0 cm³/mol. The van der Waals surface area contributed by atoms with E-state index in [-0.39, 0.29) is 6.04 Å². The Bertz CT molecular complexity index is 416. The minimum Gasteiger partial charge on any atom is -0.323 e. The van der Waals surface area contributed by atoms with Gasteiger partial charge in [-0.15, -0.1) is 0 Å². The van der Waals surface area contributed by atoms with Crippen LogP contribution in [0.4, 0.5) is 0 Å². The number of benzene rings is 1. The summed E-state index contributed by atoms with van der Waals surface area (Å²) in [5.74, 6) is 0. The van der Waals surface area contributed by atoms with Crippen molar-refractivity contribution in [2.24, 2.45) is 11.1 Å². The first kappa shape index (κ1) is 12.7. The first-order valence-corrected chi connectivity index (χ1v) is 5.54. The van der Waals surface area contributed by atoms with Crippen LogP contribution in [0.5, 0.6) is 0 Å². The lowest BCUT2D eigenvalue weighted by Crippen LogP contribution is -2.29. The molecule has 1 atom stereocenters. The maximum atomic E-state index is 9.13. The molecule has 0 aliphatic carbocycles. The van der Waals surface area contributed by atoms with Crippen molar-refractivity contribution in [3.63, 3.8) is 0 Å². The lowest BCUT2D eigenvalue weighted by atomic mass is 9.79. The Morgan fingerprint density at radius 1 is 1.19 bits per heavy atom. The number of rotatable bonds is 2. The van der Waals surface area contributed by atoms with Crippen LogP contribution >= 0.6 is 0 Å². The molecule has 2 heteroatoms. The normalized spacial score (nSPS) is 13.3. The molecular formula is C14H20N2. The summed E-state index contributed by atoms with van der Waals surface area (Å²) in [5, 5.41) is 9.13. The Balaban J connectivity index is 3.30. The molecule has 0 spiro atoms. The summed E-state index contributed by atoms with van der Waals surface area (Å²) in [5.41, 5.74) is 10.4. The molecule has 0 aromatic heterocycles. The van der Waals surface area contributed by atoms with E-state index in [1.165, 1.54) is 16.7 Å². The molecule has 0 bridgehead atoms. The largest absolute Gasteiger partial charge is 0.323 e. The number of hydrogen-bond donors (Lipinski definition) is 1. The summed E-state index contributed by atoms with van der Waals surface area (Å²) in [6.07, 6.45) is 0. The number of aryl methyl sites for hydroxylation is 3. The predicted octanol–water partition coefficient (Wildman–Crippen LogP) is 3.16. The average Bonchev–Trinajstić information content (AvgIpc) is 2.15. The van der Waals surface area contributed by atoms with Gasteiger partial charge in [-0.2, -0.15) is 5.26 Å². The third-order valence-electron chi connectivity index (χ3n) is 3.11. The highest BCUT2D eigenvalue weighted by Crippen LogP contribution is 2.34. The van der Waals surface area contributed by atoms with Gasteiger partial charge in [0.2, 0.25) is 0 Å². The van der Waals surface area contributed by atoms with Crippen molar-refractivity contribution in [3.8, 4) is 6.07 Å². The van der Waals surface area contributed by atoms with Crippen molar-refractivity contribution in [3.05, 3.63) is 34.4 Å². The van der Waals surface area contributed by atoms with Gasteiger partial charge in [-0.1, -0.05) is 17.7 Å². The van der Waals surface area contributed by atoms with Gasteiger partial charge in [-0.3, -0.25) is 0 Å². The Morgan fingerprint density at radius 3 is 2.00 bits per heavy atom. The Kier molecular flexibility index (Phi) is 3.40. The van der Waals surface area contributed by atoms with Crippen molar-refractivity contribution in [2.45, 2.75) is 40.7 Å². The Morgan fingerprint density at radius 2 is 1.62 bits per heavy atom. The van der Waals surface area contributed by atoms with Gasteiger partial charge in [-0.05, 0) is 51.3 Å². The quantitative estimate of drug-likeness (QED) is 0.825. The van der Waals surface area contributed by atoms with E-state index in [9.17, 15) is 0 Å². The SMILES string of the molecule is Cc1cc(C)c(C(N)C(C)(C)C#N)c(C)c1. The molecule has 0 fully saturated rings. The molecule has 0 amide bonds. The second-order valence-electron chi connectivity index (χ2n) is 5.12. The summed E-state index contributed by atoms with van der Waals surface area (Å²) in [6, 6.07) is 6.29. The van der Waals surface area contributed by atoms with Crippen molar-refractivity contribution >= 4 is 0 Å². The van der Waals surface area contributed by atoms with Gasteiger partial charge in [0.1, 0.15) is 0 Å². The van der Waals surface area contributed by atoms with Gasteiger partial charge in [0.05, 0.1) is 11.5 Å². The van der Waals surface area contributed by atoms with Gasteiger partial charge in [-0.25, -0.2) is 0 Å². The molecule has 1 rings (SSSR count). The lowest BCUT2D eigenvalue weighted by Gasteiger charge is -2.27. The van der Waals surface area contributed by atoms with Crippen molar-refractivity contribution in [1.29, 1.82) is 5.26 Å². The molecule has 0 heterocycles. The minimum absolute atomic E-state index is 0.238. The van der Waals surface area contributed by atoms with Crippen LogP contribution in [-0.2, 0) is 0 Å². The fraction of sp³-hybridized carbons (Fsp3) is 0.500. The maximum Gasteiger partial charge on any atom is 0.0710 e. The topological polar surface area (TPSA) is 49.8 Å². The van der Waals surface area contributed by atoms with E-state index >= 15 is 0 Å². The van der Waals surface area contributed by atoms with E-state index in [1.807, 2.05) is 13.8 Å². The Hall–Kier alpha value is -1.33. The molecule has 1 unspecified atom stereocenters. The first-order chi connectivity index (χ1) is 7.29.